The maximum absolute atomic E-state index is 11.7. The molecular weight excluding hydrogens is 392 g/mol. The standard InChI is InChI=1S/C30H46O2/c1-11-13-15-21-17-19(3)25(27(31)22(21)16-14-12-2)24-20(4)18-23(29(5,6)7)28(32)26(24)30(8,9)10/h17-18,31-32H,11-16H2,1-10H3. The third-order valence-electron chi connectivity index (χ3n) is 6.58. The first-order valence-corrected chi connectivity index (χ1v) is 12.5. The molecule has 2 rings (SSSR count). The highest BCUT2D eigenvalue weighted by atomic mass is 16.3. The van der Waals surface area contributed by atoms with Crippen molar-refractivity contribution < 1.29 is 10.2 Å². The minimum Gasteiger partial charge on any atom is -0.507 e. The molecule has 0 atom stereocenters. The van der Waals surface area contributed by atoms with E-state index in [9.17, 15) is 10.2 Å². The second kappa shape index (κ2) is 9.89. The van der Waals surface area contributed by atoms with Gasteiger partial charge in [0.15, 0.2) is 0 Å². The first-order valence-electron chi connectivity index (χ1n) is 12.5. The molecule has 2 nitrogen and oxygen atoms in total. The van der Waals surface area contributed by atoms with Gasteiger partial charge in [-0.15, -0.1) is 0 Å². The van der Waals surface area contributed by atoms with E-state index in [0.717, 1.165) is 77.5 Å². The number of rotatable bonds is 7. The zero-order chi connectivity index (χ0) is 24.4. The molecule has 178 valence electrons. The topological polar surface area (TPSA) is 40.5 Å². The molecule has 0 heterocycles. The van der Waals surface area contributed by atoms with Crippen molar-refractivity contribution in [2.24, 2.45) is 0 Å². The van der Waals surface area contributed by atoms with Crippen LogP contribution in [0, 0.1) is 13.8 Å². The van der Waals surface area contributed by atoms with Crippen LogP contribution >= 0.6 is 0 Å². The normalized spacial score (nSPS) is 12.4. The summed E-state index contributed by atoms with van der Waals surface area (Å²) in [4.78, 5) is 0. The highest BCUT2D eigenvalue weighted by Crippen LogP contribution is 2.50. The van der Waals surface area contributed by atoms with Crippen molar-refractivity contribution in [3.63, 3.8) is 0 Å². The molecule has 2 N–H and O–H groups in total. The summed E-state index contributed by atoms with van der Waals surface area (Å²) in [7, 11) is 0. The minimum atomic E-state index is -0.269. The molecule has 0 spiro atoms. The lowest BCUT2D eigenvalue weighted by molar-refractivity contribution is 0.423. The third-order valence-corrected chi connectivity index (χ3v) is 6.58. The van der Waals surface area contributed by atoms with E-state index in [1.807, 2.05) is 0 Å². The van der Waals surface area contributed by atoms with E-state index in [1.54, 1.807) is 0 Å². The lowest BCUT2D eigenvalue weighted by Gasteiger charge is -2.32. The zero-order valence-electron chi connectivity index (χ0n) is 22.3. The van der Waals surface area contributed by atoms with Gasteiger partial charge in [-0.3, -0.25) is 0 Å². The molecule has 0 aliphatic carbocycles. The van der Waals surface area contributed by atoms with Crippen LogP contribution in [0.3, 0.4) is 0 Å². The van der Waals surface area contributed by atoms with Crippen LogP contribution in [-0.2, 0) is 23.7 Å². The molecule has 0 amide bonds. The fraction of sp³-hybridized carbons (Fsp3) is 0.600. The van der Waals surface area contributed by atoms with E-state index >= 15 is 0 Å². The van der Waals surface area contributed by atoms with Gasteiger partial charge in [0.1, 0.15) is 11.5 Å². The summed E-state index contributed by atoms with van der Waals surface area (Å²) < 4.78 is 0. The van der Waals surface area contributed by atoms with Crippen molar-refractivity contribution >= 4 is 0 Å². The molecule has 0 fully saturated rings. The Morgan fingerprint density at radius 1 is 0.688 bits per heavy atom. The molecule has 0 aromatic heterocycles. The van der Waals surface area contributed by atoms with E-state index in [1.165, 1.54) is 5.56 Å². The van der Waals surface area contributed by atoms with E-state index in [0.29, 0.717) is 11.5 Å². The summed E-state index contributed by atoms with van der Waals surface area (Å²) in [5, 5.41) is 23.2. The van der Waals surface area contributed by atoms with Crippen LogP contribution in [0.2, 0.25) is 0 Å². The number of hydrogen-bond acceptors (Lipinski definition) is 2. The number of hydrogen-bond donors (Lipinski definition) is 2. The SMILES string of the molecule is CCCCc1cc(C)c(-c2c(C)cc(C(C)(C)C)c(O)c2C(C)(C)C)c(O)c1CCCC. The molecule has 2 aromatic carbocycles. The van der Waals surface area contributed by atoms with Gasteiger partial charge in [0.25, 0.3) is 0 Å². The number of phenolic OH excluding ortho intramolecular Hbond substituents is 2. The monoisotopic (exact) mass is 438 g/mol. The Hall–Kier alpha value is -1.96. The highest BCUT2D eigenvalue weighted by molar-refractivity contribution is 5.84. The van der Waals surface area contributed by atoms with Gasteiger partial charge in [-0.1, -0.05) is 80.4 Å². The van der Waals surface area contributed by atoms with Crippen LogP contribution in [-0.4, -0.2) is 10.2 Å². The van der Waals surface area contributed by atoms with E-state index in [2.05, 4.69) is 81.4 Å². The summed E-state index contributed by atoms with van der Waals surface area (Å²) in [6, 6.07) is 4.41. The predicted molar refractivity (Wildman–Crippen MR) is 139 cm³/mol. The Bertz CT molecular complexity index is 953. The Morgan fingerprint density at radius 3 is 1.72 bits per heavy atom. The van der Waals surface area contributed by atoms with Crippen LogP contribution in [0.4, 0.5) is 0 Å². The second-order valence-electron chi connectivity index (χ2n) is 11.6. The molecule has 0 aliphatic rings. The first-order chi connectivity index (χ1) is 14.8. The van der Waals surface area contributed by atoms with Crippen molar-refractivity contribution in [1.29, 1.82) is 0 Å². The molecular formula is C30H46O2. The Kier molecular flexibility index (Phi) is 8.13. The summed E-state index contributed by atoms with van der Waals surface area (Å²) in [5.41, 5.74) is 7.94. The molecule has 2 heteroatoms. The average molecular weight is 439 g/mol. The lowest BCUT2D eigenvalue weighted by Crippen LogP contribution is -2.19. The molecule has 0 radical (unpaired) electrons. The summed E-state index contributed by atoms with van der Waals surface area (Å²) in [5.74, 6) is 0.788. The number of unbranched alkanes of at least 4 members (excludes halogenated alkanes) is 2. The van der Waals surface area contributed by atoms with Crippen LogP contribution in [0.5, 0.6) is 11.5 Å². The van der Waals surface area contributed by atoms with Gasteiger partial charge in [-0.2, -0.15) is 0 Å². The Labute approximate surface area is 197 Å². The van der Waals surface area contributed by atoms with E-state index in [-0.39, 0.29) is 10.8 Å². The molecule has 0 unspecified atom stereocenters. The first kappa shape index (κ1) is 26.3. The van der Waals surface area contributed by atoms with Crippen LogP contribution < -0.4 is 0 Å². The molecule has 2 aromatic rings. The van der Waals surface area contributed by atoms with Crippen molar-refractivity contribution in [2.75, 3.05) is 0 Å². The van der Waals surface area contributed by atoms with Gasteiger partial charge in [0.2, 0.25) is 0 Å². The molecule has 0 saturated carbocycles. The quantitative estimate of drug-likeness (QED) is 0.454. The Balaban J connectivity index is 2.95. The van der Waals surface area contributed by atoms with Gasteiger partial charge in [0.05, 0.1) is 0 Å². The average Bonchev–Trinajstić information content (AvgIpc) is 2.66. The zero-order valence-corrected chi connectivity index (χ0v) is 22.3. The minimum absolute atomic E-state index is 0.166. The smallest absolute Gasteiger partial charge is 0.127 e. The highest BCUT2D eigenvalue weighted by Gasteiger charge is 2.32. The molecule has 32 heavy (non-hydrogen) atoms. The summed E-state index contributed by atoms with van der Waals surface area (Å²) in [6.45, 7) is 21.5. The number of phenols is 2. The number of benzene rings is 2. The fourth-order valence-electron chi connectivity index (χ4n) is 4.88. The predicted octanol–water partition coefficient (Wildman–Crippen LogP) is 8.66. The van der Waals surface area contributed by atoms with Crippen molar-refractivity contribution in [3.8, 4) is 22.6 Å². The molecule has 0 aliphatic heterocycles. The Morgan fingerprint density at radius 2 is 1.22 bits per heavy atom. The number of aryl methyl sites for hydroxylation is 3. The summed E-state index contributed by atoms with van der Waals surface area (Å²) >= 11 is 0. The summed E-state index contributed by atoms with van der Waals surface area (Å²) in [6.07, 6.45) is 6.33. The maximum Gasteiger partial charge on any atom is 0.127 e. The number of aromatic hydroxyl groups is 2. The van der Waals surface area contributed by atoms with Gasteiger partial charge in [-0.05, 0) is 83.7 Å². The third kappa shape index (κ3) is 5.33. The largest absolute Gasteiger partial charge is 0.507 e. The molecule has 0 bridgehead atoms. The maximum atomic E-state index is 11.7. The van der Waals surface area contributed by atoms with Gasteiger partial charge in [-0.25, -0.2) is 0 Å². The second-order valence-corrected chi connectivity index (χ2v) is 11.6. The van der Waals surface area contributed by atoms with Gasteiger partial charge < -0.3 is 10.2 Å². The van der Waals surface area contributed by atoms with E-state index in [4.69, 9.17) is 0 Å². The molecule has 0 saturated heterocycles. The van der Waals surface area contributed by atoms with Crippen LogP contribution in [0.15, 0.2) is 12.1 Å². The van der Waals surface area contributed by atoms with Crippen molar-refractivity contribution in [2.45, 2.75) is 119 Å². The van der Waals surface area contributed by atoms with Crippen LogP contribution in [0.25, 0.3) is 11.1 Å². The lowest BCUT2D eigenvalue weighted by atomic mass is 9.73. The van der Waals surface area contributed by atoms with E-state index < -0.39 is 0 Å². The van der Waals surface area contributed by atoms with Crippen LogP contribution in [0.1, 0.15) is 114 Å². The van der Waals surface area contributed by atoms with Crippen molar-refractivity contribution in [1.82, 2.24) is 0 Å². The van der Waals surface area contributed by atoms with Crippen molar-refractivity contribution in [3.05, 3.63) is 45.5 Å². The van der Waals surface area contributed by atoms with Gasteiger partial charge in [0, 0.05) is 11.1 Å². The van der Waals surface area contributed by atoms with Gasteiger partial charge >= 0.3 is 0 Å². The fourth-order valence-corrected chi connectivity index (χ4v) is 4.88.